The van der Waals surface area contributed by atoms with E-state index < -0.39 is 0 Å². The average Bonchev–Trinajstić information content (AvgIpc) is 2.48. The second-order valence-electron chi connectivity index (χ2n) is 6.35. The molecule has 120 valence electrons. The lowest BCUT2D eigenvalue weighted by Crippen LogP contribution is -2.46. The number of likely N-dealkylation sites (N-methyl/N-ethyl adjacent to an activating group) is 1. The number of rotatable bonds is 3. The third-order valence-electron chi connectivity index (χ3n) is 4.21. The van der Waals surface area contributed by atoms with Crippen LogP contribution in [0.2, 0.25) is 0 Å². The van der Waals surface area contributed by atoms with E-state index in [9.17, 15) is 9.18 Å². The fraction of sp³-hybridized carbons (Fsp3) is 0.500. The Morgan fingerprint density at radius 2 is 1.86 bits per heavy atom. The van der Waals surface area contributed by atoms with Gasteiger partial charge < -0.3 is 9.80 Å². The first-order valence-electron chi connectivity index (χ1n) is 7.84. The van der Waals surface area contributed by atoms with Gasteiger partial charge in [0, 0.05) is 32.3 Å². The van der Waals surface area contributed by atoms with Crippen molar-refractivity contribution in [3.05, 3.63) is 41.2 Å². The maximum Gasteiger partial charge on any atom is 0.246 e. The Kier molecular flexibility index (Phi) is 5.35. The summed E-state index contributed by atoms with van der Waals surface area (Å²) in [5.74, 6) is 0.0531. The van der Waals surface area contributed by atoms with Crippen molar-refractivity contribution in [3.63, 3.8) is 0 Å². The third kappa shape index (κ3) is 3.95. The molecule has 2 rings (SSSR count). The van der Waals surface area contributed by atoms with Crippen LogP contribution >= 0.6 is 0 Å². The van der Waals surface area contributed by atoms with Crippen LogP contribution in [0, 0.1) is 18.7 Å². The molecule has 1 fully saturated rings. The summed E-state index contributed by atoms with van der Waals surface area (Å²) in [6.45, 7) is 9.21. The van der Waals surface area contributed by atoms with Gasteiger partial charge in [0.15, 0.2) is 0 Å². The van der Waals surface area contributed by atoms with E-state index in [0.717, 1.165) is 37.3 Å². The molecule has 1 saturated heterocycles. The summed E-state index contributed by atoms with van der Waals surface area (Å²) < 4.78 is 13.5. The second-order valence-corrected chi connectivity index (χ2v) is 6.35. The molecule has 0 atom stereocenters. The quantitative estimate of drug-likeness (QED) is 0.802. The Balaban J connectivity index is 2.23. The summed E-state index contributed by atoms with van der Waals surface area (Å²) in [5.41, 5.74) is 2.50. The van der Waals surface area contributed by atoms with Crippen LogP contribution in [0.25, 0.3) is 5.57 Å². The molecule has 1 aromatic carbocycles. The van der Waals surface area contributed by atoms with Crippen molar-refractivity contribution in [2.45, 2.75) is 20.8 Å². The van der Waals surface area contributed by atoms with Gasteiger partial charge in [-0.3, -0.25) is 4.79 Å². The number of carbonyl (C=O) groups is 1. The summed E-state index contributed by atoms with van der Waals surface area (Å²) in [7, 11) is 2.07. The maximum atomic E-state index is 13.5. The summed E-state index contributed by atoms with van der Waals surface area (Å²) >= 11 is 0. The molecule has 4 heteroatoms. The number of halogens is 1. The van der Waals surface area contributed by atoms with Crippen molar-refractivity contribution in [2.24, 2.45) is 5.92 Å². The van der Waals surface area contributed by atoms with E-state index in [4.69, 9.17) is 0 Å². The zero-order valence-electron chi connectivity index (χ0n) is 13.9. The van der Waals surface area contributed by atoms with Gasteiger partial charge >= 0.3 is 0 Å². The number of hydrogen-bond acceptors (Lipinski definition) is 2. The SMILES string of the molecule is Cc1cc(/C(=C/C(=O)N2CCN(C)CC2)C(C)C)ccc1F. The minimum Gasteiger partial charge on any atom is -0.337 e. The number of piperazine rings is 1. The highest BCUT2D eigenvalue weighted by atomic mass is 19.1. The van der Waals surface area contributed by atoms with Gasteiger partial charge in [-0.15, -0.1) is 0 Å². The molecule has 0 unspecified atom stereocenters. The molecule has 0 bridgehead atoms. The lowest BCUT2D eigenvalue weighted by Gasteiger charge is -2.32. The monoisotopic (exact) mass is 304 g/mol. The summed E-state index contributed by atoms with van der Waals surface area (Å²) in [4.78, 5) is 16.6. The van der Waals surface area contributed by atoms with Crippen molar-refractivity contribution < 1.29 is 9.18 Å². The van der Waals surface area contributed by atoms with Gasteiger partial charge in [0.1, 0.15) is 5.82 Å². The van der Waals surface area contributed by atoms with Crippen LogP contribution in [0.5, 0.6) is 0 Å². The first-order valence-corrected chi connectivity index (χ1v) is 7.84. The molecular weight excluding hydrogens is 279 g/mol. The zero-order chi connectivity index (χ0) is 16.3. The highest BCUT2D eigenvalue weighted by molar-refractivity contribution is 5.95. The van der Waals surface area contributed by atoms with E-state index in [1.54, 1.807) is 19.1 Å². The van der Waals surface area contributed by atoms with Gasteiger partial charge in [-0.1, -0.05) is 19.9 Å². The lowest BCUT2D eigenvalue weighted by molar-refractivity contribution is -0.127. The van der Waals surface area contributed by atoms with Crippen LogP contribution in [-0.2, 0) is 4.79 Å². The molecule has 0 N–H and O–H groups in total. The van der Waals surface area contributed by atoms with E-state index >= 15 is 0 Å². The van der Waals surface area contributed by atoms with Gasteiger partial charge in [-0.05, 0) is 48.7 Å². The van der Waals surface area contributed by atoms with E-state index in [1.165, 1.54) is 6.07 Å². The number of benzene rings is 1. The number of hydrogen-bond donors (Lipinski definition) is 0. The molecule has 0 saturated carbocycles. The molecule has 0 spiro atoms. The Labute approximate surface area is 132 Å². The van der Waals surface area contributed by atoms with Gasteiger partial charge in [-0.25, -0.2) is 4.39 Å². The van der Waals surface area contributed by atoms with Crippen molar-refractivity contribution in [1.82, 2.24) is 9.80 Å². The number of aryl methyl sites for hydroxylation is 1. The van der Waals surface area contributed by atoms with Gasteiger partial charge in [0.25, 0.3) is 0 Å². The fourth-order valence-electron chi connectivity index (χ4n) is 2.66. The van der Waals surface area contributed by atoms with Crippen LogP contribution in [0.4, 0.5) is 4.39 Å². The Bertz CT molecular complexity index is 572. The van der Waals surface area contributed by atoms with E-state index in [2.05, 4.69) is 25.8 Å². The number of carbonyl (C=O) groups excluding carboxylic acids is 1. The zero-order valence-corrected chi connectivity index (χ0v) is 13.9. The number of amides is 1. The number of nitrogens with zero attached hydrogens (tertiary/aromatic N) is 2. The molecule has 1 aliphatic heterocycles. The molecule has 1 aliphatic rings. The van der Waals surface area contributed by atoms with Crippen molar-refractivity contribution in [1.29, 1.82) is 0 Å². The molecule has 1 aromatic rings. The maximum absolute atomic E-state index is 13.5. The van der Waals surface area contributed by atoms with Gasteiger partial charge in [0.2, 0.25) is 5.91 Å². The van der Waals surface area contributed by atoms with Crippen LogP contribution < -0.4 is 0 Å². The van der Waals surface area contributed by atoms with E-state index in [-0.39, 0.29) is 17.6 Å². The number of allylic oxidation sites excluding steroid dienone is 1. The minimum atomic E-state index is -0.211. The fourth-order valence-corrected chi connectivity index (χ4v) is 2.66. The Morgan fingerprint density at radius 3 is 2.41 bits per heavy atom. The lowest BCUT2D eigenvalue weighted by atomic mass is 9.93. The Morgan fingerprint density at radius 1 is 1.23 bits per heavy atom. The van der Waals surface area contributed by atoms with E-state index in [0.29, 0.717) is 5.56 Å². The van der Waals surface area contributed by atoms with Gasteiger partial charge in [0.05, 0.1) is 0 Å². The second kappa shape index (κ2) is 7.05. The van der Waals surface area contributed by atoms with Crippen molar-refractivity contribution in [2.75, 3.05) is 33.2 Å². The first kappa shape index (κ1) is 16.7. The van der Waals surface area contributed by atoms with Crippen molar-refractivity contribution >= 4 is 11.5 Å². The molecule has 1 amide bonds. The highest BCUT2D eigenvalue weighted by Gasteiger charge is 2.19. The van der Waals surface area contributed by atoms with Crippen LogP contribution in [0.1, 0.15) is 25.0 Å². The highest BCUT2D eigenvalue weighted by Crippen LogP contribution is 2.25. The van der Waals surface area contributed by atoms with Gasteiger partial charge in [-0.2, -0.15) is 0 Å². The molecule has 0 aromatic heterocycles. The first-order chi connectivity index (χ1) is 10.4. The topological polar surface area (TPSA) is 23.6 Å². The standard InChI is InChI=1S/C18H25FN2O/c1-13(2)16(15-5-6-17(19)14(3)11-15)12-18(22)21-9-7-20(4)8-10-21/h5-6,11-13H,7-10H2,1-4H3/b16-12+. The Hall–Kier alpha value is -1.68. The molecule has 22 heavy (non-hydrogen) atoms. The molecular formula is C18H25FN2O. The molecule has 3 nitrogen and oxygen atoms in total. The molecule has 0 radical (unpaired) electrons. The summed E-state index contributed by atoms with van der Waals surface area (Å²) in [6, 6.07) is 5.05. The minimum absolute atomic E-state index is 0.0544. The summed E-state index contributed by atoms with van der Waals surface area (Å²) in [6.07, 6.45) is 1.72. The third-order valence-corrected chi connectivity index (χ3v) is 4.21. The smallest absolute Gasteiger partial charge is 0.246 e. The molecule has 1 heterocycles. The largest absolute Gasteiger partial charge is 0.337 e. The molecule has 0 aliphatic carbocycles. The van der Waals surface area contributed by atoms with Crippen LogP contribution in [0.3, 0.4) is 0 Å². The van der Waals surface area contributed by atoms with Crippen LogP contribution in [-0.4, -0.2) is 48.9 Å². The predicted octanol–water partition coefficient (Wildman–Crippen LogP) is 2.95. The summed E-state index contributed by atoms with van der Waals surface area (Å²) in [5, 5.41) is 0. The van der Waals surface area contributed by atoms with Crippen molar-refractivity contribution in [3.8, 4) is 0 Å². The predicted molar refractivity (Wildman–Crippen MR) is 88.0 cm³/mol. The normalized spacial score (nSPS) is 17.2. The van der Waals surface area contributed by atoms with E-state index in [1.807, 2.05) is 11.0 Å². The average molecular weight is 304 g/mol. The van der Waals surface area contributed by atoms with Crippen LogP contribution in [0.15, 0.2) is 24.3 Å².